The monoisotopic (exact) mass is 222 g/mol. The summed E-state index contributed by atoms with van der Waals surface area (Å²) in [6.07, 6.45) is 3.03. The Morgan fingerprint density at radius 2 is 2.14 bits per heavy atom. The molecule has 14 heavy (non-hydrogen) atoms. The summed E-state index contributed by atoms with van der Waals surface area (Å²) in [5, 5.41) is 8.07. The lowest BCUT2D eigenvalue weighted by atomic mass is 10.1. The lowest BCUT2D eigenvalue weighted by Gasteiger charge is -2.14. The maximum Gasteiger partial charge on any atom is 0.210 e. The van der Waals surface area contributed by atoms with Crippen LogP contribution in [0.2, 0.25) is 0 Å². The summed E-state index contributed by atoms with van der Waals surface area (Å²) in [6, 6.07) is 0.374. The lowest BCUT2D eigenvalue weighted by molar-refractivity contribution is 0.142. The molecule has 1 unspecified atom stereocenters. The van der Waals surface area contributed by atoms with Crippen LogP contribution in [0.15, 0.2) is 0 Å². The summed E-state index contributed by atoms with van der Waals surface area (Å²) in [5.74, 6) is 0.00432. The molecule has 0 bridgehead atoms. The Bertz CT molecular complexity index is 245. The highest BCUT2D eigenvalue weighted by Crippen LogP contribution is 2.07. The molecule has 84 valence electrons. The number of hydrogen-bond donors (Lipinski definition) is 2. The highest BCUT2D eigenvalue weighted by Gasteiger charge is 2.12. The Hall–Kier alpha value is -0.170. The normalized spacial score (nSPS) is 24.5. The molecule has 1 heterocycles. The van der Waals surface area contributed by atoms with E-state index in [0.29, 0.717) is 12.6 Å². The van der Waals surface area contributed by atoms with Gasteiger partial charge < -0.3 is 10.1 Å². The smallest absolute Gasteiger partial charge is 0.210 e. The molecular weight excluding hydrogens is 204 g/mol. The summed E-state index contributed by atoms with van der Waals surface area (Å²) in [4.78, 5) is 0. The largest absolute Gasteiger partial charge is 0.381 e. The molecule has 0 aromatic heterocycles. The summed E-state index contributed by atoms with van der Waals surface area (Å²) in [7, 11) is -3.33. The van der Waals surface area contributed by atoms with Gasteiger partial charge in [0, 0.05) is 25.8 Å². The second-order valence-corrected chi connectivity index (χ2v) is 5.30. The zero-order valence-corrected chi connectivity index (χ0v) is 9.05. The summed E-state index contributed by atoms with van der Waals surface area (Å²) < 4.78 is 26.6. The predicted molar refractivity (Wildman–Crippen MR) is 54.4 cm³/mol. The van der Waals surface area contributed by atoms with Crippen LogP contribution in [0.25, 0.3) is 0 Å². The van der Waals surface area contributed by atoms with Crippen molar-refractivity contribution >= 4 is 10.0 Å². The molecule has 1 aliphatic heterocycles. The third-order valence-corrected chi connectivity index (χ3v) is 3.04. The van der Waals surface area contributed by atoms with Crippen molar-refractivity contribution in [3.8, 4) is 0 Å². The first kappa shape index (κ1) is 11.9. The minimum Gasteiger partial charge on any atom is -0.381 e. The standard InChI is InChI=1S/C8H18N2O3S/c9-14(11,12)7-4-10-8-2-1-5-13-6-3-8/h8,10H,1-7H2,(H2,9,11,12). The van der Waals surface area contributed by atoms with Crippen molar-refractivity contribution in [3.05, 3.63) is 0 Å². The number of nitrogens with one attached hydrogen (secondary N) is 1. The highest BCUT2D eigenvalue weighted by atomic mass is 32.2. The number of rotatable bonds is 4. The average Bonchev–Trinajstić information content (AvgIpc) is 2.30. The molecule has 0 aromatic carbocycles. The minimum absolute atomic E-state index is 0.00432. The summed E-state index contributed by atoms with van der Waals surface area (Å²) in [5.41, 5.74) is 0. The first-order valence-corrected chi connectivity index (χ1v) is 6.61. The average molecular weight is 222 g/mol. The fourth-order valence-corrected chi connectivity index (χ4v) is 1.92. The van der Waals surface area contributed by atoms with Crippen LogP contribution in [0.4, 0.5) is 0 Å². The second-order valence-electron chi connectivity index (χ2n) is 3.56. The van der Waals surface area contributed by atoms with Crippen LogP contribution in [0.3, 0.4) is 0 Å². The predicted octanol–water partition coefficient (Wildman–Crippen LogP) is -0.566. The van der Waals surface area contributed by atoms with E-state index in [4.69, 9.17) is 9.88 Å². The van der Waals surface area contributed by atoms with Gasteiger partial charge in [0.2, 0.25) is 10.0 Å². The maximum atomic E-state index is 10.7. The zero-order valence-electron chi connectivity index (χ0n) is 8.24. The first-order valence-electron chi connectivity index (χ1n) is 4.89. The Morgan fingerprint density at radius 3 is 2.86 bits per heavy atom. The van der Waals surface area contributed by atoms with Gasteiger partial charge in [-0.3, -0.25) is 0 Å². The molecule has 6 heteroatoms. The quantitative estimate of drug-likeness (QED) is 0.667. The zero-order chi connectivity index (χ0) is 10.4. The molecule has 0 spiro atoms. The van der Waals surface area contributed by atoms with Crippen LogP contribution in [0, 0.1) is 0 Å². The van der Waals surface area contributed by atoms with Gasteiger partial charge in [0.25, 0.3) is 0 Å². The van der Waals surface area contributed by atoms with Gasteiger partial charge in [-0.2, -0.15) is 0 Å². The van der Waals surface area contributed by atoms with E-state index in [2.05, 4.69) is 5.32 Å². The van der Waals surface area contributed by atoms with Crippen molar-refractivity contribution < 1.29 is 13.2 Å². The van der Waals surface area contributed by atoms with Gasteiger partial charge in [-0.05, 0) is 19.3 Å². The molecule has 0 amide bonds. The molecule has 1 atom stereocenters. The SMILES string of the molecule is NS(=O)(=O)CCNC1CCCOCC1. The van der Waals surface area contributed by atoms with Crippen LogP contribution >= 0.6 is 0 Å². The third-order valence-electron chi connectivity index (χ3n) is 2.27. The molecule has 3 N–H and O–H groups in total. The Labute approximate surface area is 85.1 Å². The fraction of sp³-hybridized carbons (Fsp3) is 1.00. The second kappa shape index (κ2) is 5.65. The van der Waals surface area contributed by atoms with E-state index in [0.717, 1.165) is 32.5 Å². The van der Waals surface area contributed by atoms with Crippen LogP contribution in [0.1, 0.15) is 19.3 Å². The Kier molecular flexibility index (Phi) is 4.80. The van der Waals surface area contributed by atoms with Gasteiger partial charge in [-0.1, -0.05) is 0 Å². The van der Waals surface area contributed by atoms with Crippen LogP contribution in [0.5, 0.6) is 0 Å². The molecule has 0 saturated carbocycles. The van der Waals surface area contributed by atoms with Crippen molar-refractivity contribution in [2.45, 2.75) is 25.3 Å². The van der Waals surface area contributed by atoms with E-state index < -0.39 is 10.0 Å². The van der Waals surface area contributed by atoms with Gasteiger partial charge in [-0.25, -0.2) is 13.6 Å². The molecule has 0 radical (unpaired) electrons. The summed E-state index contributed by atoms with van der Waals surface area (Å²) in [6.45, 7) is 2.00. The summed E-state index contributed by atoms with van der Waals surface area (Å²) >= 11 is 0. The number of ether oxygens (including phenoxy) is 1. The number of nitrogens with two attached hydrogens (primary N) is 1. The van der Waals surface area contributed by atoms with E-state index in [-0.39, 0.29) is 5.75 Å². The Balaban J connectivity index is 2.16. The van der Waals surface area contributed by atoms with Crippen LogP contribution in [-0.2, 0) is 14.8 Å². The van der Waals surface area contributed by atoms with Crippen molar-refractivity contribution in [2.75, 3.05) is 25.5 Å². The molecule has 1 saturated heterocycles. The van der Waals surface area contributed by atoms with Crippen molar-refractivity contribution in [3.63, 3.8) is 0 Å². The topological polar surface area (TPSA) is 81.4 Å². The van der Waals surface area contributed by atoms with Crippen LogP contribution in [-0.4, -0.2) is 40.0 Å². The third kappa shape index (κ3) is 5.54. The fourth-order valence-electron chi connectivity index (χ4n) is 1.51. The highest BCUT2D eigenvalue weighted by molar-refractivity contribution is 7.89. The molecule has 0 aromatic rings. The van der Waals surface area contributed by atoms with E-state index in [1.807, 2.05) is 0 Å². The Morgan fingerprint density at radius 1 is 1.36 bits per heavy atom. The molecule has 5 nitrogen and oxygen atoms in total. The van der Waals surface area contributed by atoms with Gasteiger partial charge in [0.05, 0.1) is 5.75 Å². The molecule has 1 aliphatic rings. The minimum atomic E-state index is -3.33. The molecule has 1 rings (SSSR count). The first-order chi connectivity index (χ1) is 6.58. The maximum absolute atomic E-state index is 10.7. The van der Waals surface area contributed by atoms with Crippen molar-refractivity contribution in [1.29, 1.82) is 0 Å². The number of primary sulfonamides is 1. The van der Waals surface area contributed by atoms with E-state index in [1.54, 1.807) is 0 Å². The number of hydrogen-bond acceptors (Lipinski definition) is 4. The van der Waals surface area contributed by atoms with Crippen LogP contribution < -0.4 is 10.5 Å². The lowest BCUT2D eigenvalue weighted by Crippen LogP contribution is -2.34. The van der Waals surface area contributed by atoms with Gasteiger partial charge in [-0.15, -0.1) is 0 Å². The van der Waals surface area contributed by atoms with Gasteiger partial charge in [0.15, 0.2) is 0 Å². The van der Waals surface area contributed by atoms with E-state index >= 15 is 0 Å². The van der Waals surface area contributed by atoms with Gasteiger partial charge in [0.1, 0.15) is 0 Å². The number of sulfonamides is 1. The van der Waals surface area contributed by atoms with E-state index in [9.17, 15) is 8.42 Å². The van der Waals surface area contributed by atoms with Gasteiger partial charge >= 0.3 is 0 Å². The molecule has 1 fully saturated rings. The van der Waals surface area contributed by atoms with Crippen molar-refractivity contribution in [1.82, 2.24) is 5.32 Å². The molecular formula is C8H18N2O3S. The van der Waals surface area contributed by atoms with Crippen molar-refractivity contribution in [2.24, 2.45) is 5.14 Å². The van der Waals surface area contributed by atoms with E-state index in [1.165, 1.54) is 0 Å². The molecule has 0 aliphatic carbocycles.